The van der Waals surface area contributed by atoms with Crippen LogP contribution in [0.4, 0.5) is 5.95 Å². The molecule has 0 saturated carbocycles. The fourth-order valence-corrected chi connectivity index (χ4v) is 5.78. The van der Waals surface area contributed by atoms with E-state index in [9.17, 15) is 0 Å². The fraction of sp³-hybridized carbons (Fsp3) is 0.438. The predicted molar refractivity (Wildman–Crippen MR) is 165 cm³/mol. The highest BCUT2D eigenvalue weighted by atomic mass is 32.2. The Hall–Kier alpha value is -2.83. The van der Waals surface area contributed by atoms with Gasteiger partial charge < -0.3 is 4.90 Å². The Kier molecular flexibility index (Phi) is 10.8. The second-order valence-corrected chi connectivity index (χ2v) is 11.6. The fourth-order valence-electron chi connectivity index (χ4n) is 5.12. The van der Waals surface area contributed by atoms with Crippen molar-refractivity contribution in [1.29, 1.82) is 0 Å². The lowest BCUT2D eigenvalue weighted by atomic mass is 9.99. The highest BCUT2D eigenvalue weighted by molar-refractivity contribution is 8.00. The molecule has 1 aromatic carbocycles. The molecule has 1 aromatic heterocycles. The maximum atomic E-state index is 4.83. The van der Waals surface area contributed by atoms with Crippen LogP contribution in [-0.2, 0) is 6.54 Å². The maximum Gasteiger partial charge on any atom is 0.233 e. The number of nitrogens with zero attached hydrogens (tertiary/aromatic N) is 4. The SMILES string of the molecule is C=C(C)/C(=C(C)\C=C/C)c1cc(C)nc(NSc2cccc(CN3CCCN(C(=C)C)CC3C(C)C)c2)n1. The van der Waals surface area contributed by atoms with Crippen LogP contribution >= 0.6 is 11.9 Å². The van der Waals surface area contributed by atoms with Crippen molar-refractivity contribution in [2.75, 3.05) is 24.4 Å². The number of hydrogen-bond acceptors (Lipinski definition) is 6. The molecule has 3 rings (SSSR count). The number of allylic oxidation sites excluding steroid dienone is 6. The minimum Gasteiger partial charge on any atom is -0.374 e. The third kappa shape index (κ3) is 8.08. The number of aromatic nitrogens is 2. The largest absolute Gasteiger partial charge is 0.374 e. The molecule has 2 aromatic rings. The average Bonchev–Trinajstić information content (AvgIpc) is 3.06. The van der Waals surface area contributed by atoms with Gasteiger partial charge in [0.25, 0.3) is 0 Å². The van der Waals surface area contributed by atoms with Gasteiger partial charge in [0.1, 0.15) is 0 Å². The molecule has 1 fully saturated rings. The van der Waals surface area contributed by atoms with Crippen molar-refractivity contribution < 1.29 is 0 Å². The molecule has 0 amide bonds. The van der Waals surface area contributed by atoms with Crippen LogP contribution < -0.4 is 4.72 Å². The van der Waals surface area contributed by atoms with Gasteiger partial charge in [-0.1, -0.05) is 51.3 Å². The molecule has 0 spiro atoms. The Morgan fingerprint density at radius 3 is 2.58 bits per heavy atom. The number of rotatable bonds is 10. The van der Waals surface area contributed by atoms with Crippen molar-refractivity contribution in [1.82, 2.24) is 19.8 Å². The zero-order valence-corrected chi connectivity index (χ0v) is 25.2. The Balaban J connectivity index is 1.76. The molecule has 0 radical (unpaired) electrons. The standard InChI is InChI=1S/C32H45N5S/c1-10-13-25(8)31(23(4)5)29-18-26(9)33-32(34-29)35-38-28-15-11-14-27(19-28)20-37-17-12-16-36(24(6)7)21-30(37)22(2)3/h10-11,13-15,18-19,22,30H,4,6,12,16-17,20-21H2,1-3,5,7-9H3,(H,33,34,35)/b13-10-,31-25+. The van der Waals surface area contributed by atoms with E-state index in [0.29, 0.717) is 17.9 Å². The number of nitrogens with one attached hydrogen (secondary N) is 1. The van der Waals surface area contributed by atoms with Crippen molar-refractivity contribution in [3.8, 4) is 0 Å². The average molecular weight is 532 g/mol. The van der Waals surface area contributed by atoms with E-state index in [1.807, 2.05) is 32.9 Å². The van der Waals surface area contributed by atoms with Gasteiger partial charge >= 0.3 is 0 Å². The molecule has 6 heteroatoms. The number of anilines is 1. The van der Waals surface area contributed by atoms with Gasteiger partial charge in [-0.15, -0.1) is 0 Å². The molecule has 1 atom stereocenters. The second kappa shape index (κ2) is 13.8. The minimum absolute atomic E-state index is 0.504. The van der Waals surface area contributed by atoms with E-state index in [1.165, 1.54) is 11.3 Å². The summed E-state index contributed by atoms with van der Waals surface area (Å²) in [5.74, 6) is 1.19. The van der Waals surface area contributed by atoms with E-state index in [4.69, 9.17) is 4.98 Å². The molecule has 1 aliphatic heterocycles. The minimum atomic E-state index is 0.504. The van der Waals surface area contributed by atoms with Crippen molar-refractivity contribution in [3.63, 3.8) is 0 Å². The van der Waals surface area contributed by atoms with Gasteiger partial charge in [-0.2, -0.15) is 0 Å². The van der Waals surface area contributed by atoms with Crippen LogP contribution in [0.15, 0.2) is 77.4 Å². The van der Waals surface area contributed by atoms with E-state index < -0.39 is 0 Å². The van der Waals surface area contributed by atoms with Crippen LogP contribution in [0.25, 0.3) is 5.57 Å². The van der Waals surface area contributed by atoms with E-state index >= 15 is 0 Å². The summed E-state index contributed by atoms with van der Waals surface area (Å²) in [4.78, 5) is 15.7. The van der Waals surface area contributed by atoms with E-state index in [0.717, 1.165) is 65.6 Å². The van der Waals surface area contributed by atoms with Gasteiger partial charge in [-0.3, -0.25) is 9.62 Å². The van der Waals surface area contributed by atoms with Gasteiger partial charge in [0.15, 0.2) is 0 Å². The summed E-state index contributed by atoms with van der Waals surface area (Å²) in [5.41, 5.74) is 7.50. The zero-order valence-electron chi connectivity index (χ0n) is 24.3. The topological polar surface area (TPSA) is 44.3 Å². The van der Waals surface area contributed by atoms with Crippen molar-refractivity contribution in [2.45, 2.75) is 72.4 Å². The summed E-state index contributed by atoms with van der Waals surface area (Å²) in [5, 5.41) is 0. The summed E-state index contributed by atoms with van der Waals surface area (Å²) in [6.07, 6.45) is 5.30. The molecular weight excluding hydrogens is 486 g/mol. The molecule has 5 nitrogen and oxygen atoms in total. The van der Waals surface area contributed by atoms with Gasteiger partial charge in [0.2, 0.25) is 5.95 Å². The first-order valence-corrected chi connectivity index (χ1v) is 14.4. The van der Waals surface area contributed by atoms with Crippen molar-refractivity contribution >= 4 is 23.5 Å². The number of aryl methyl sites for hydroxylation is 1. The van der Waals surface area contributed by atoms with Gasteiger partial charge in [0, 0.05) is 54.1 Å². The first-order chi connectivity index (χ1) is 18.1. The first kappa shape index (κ1) is 29.7. The van der Waals surface area contributed by atoms with Crippen LogP contribution in [0.3, 0.4) is 0 Å². The van der Waals surface area contributed by atoms with Crippen LogP contribution in [0, 0.1) is 12.8 Å². The Morgan fingerprint density at radius 1 is 1.16 bits per heavy atom. The third-order valence-electron chi connectivity index (χ3n) is 6.95. The Morgan fingerprint density at radius 2 is 1.92 bits per heavy atom. The summed E-state index contributed by atoms with van der Waals surface area (Å²) in [6, 6.07) is 11.3. The molecule has 1 N–H and O–H groups in total. The second-order valence-electron chi connectivity index (χ2n) is 10.7. The van der Waals surface area contributed by atoms with E-state index in [2.05, 4.69) is 90.7 Å². The summed E-state index contributed by atoms with van der Waals surface area (Å²) < 4.78 is 3.39. The highest BCUT2D eigenvalue weighted by Crippen LogP contribution is 2.28. The monoisotopic (exact) mass is 531 g/mol. The smallest absolute Gasteiger partial charge is 0.233 e. The lowest BCUT2D eigenvalue weighted by Crippen LogP contribution is -2.43. The van der Waals surface area contributed by atoms with Crippen molar-refractivity contribution in [3.05, 3.63) is 89.4 Å². The molecule has 0 bridgehead atoms. The summed E-state index contributed by atoms with van der Waals surface area (Å²) in [6.45, 7) is 27.5. The lowest BCUT2D eigenvalue weighted by molar-refractivity contribution is 0.141. The van der Waals surface area contributed by atoms with E-state index in [1.54, 1.807) is 11.9 Å². The molecule has 204 valence electrons. The van der Waals surface area contributed by atoms with Crippen LogP contribution in [0.5, 0.6) is 0 Å². The molecule has 2 heterocycles. The van der Waals surface area contributed by atoms with Crippen LogP contribution in [0.2, 0.25) is 0 Å². The third-order valence-corrected chi connectivity index (χ3v) is 7.73. The molecule has 1 unspecified atom stereocenters. The quantitative estimate of drug-likeness (QED) is 0.248. The number of benzene rings is 1. The summed E-state index contributed by atoms with van der Waals surface area (Å²) >= 11 is 1.56. The Labute approximate surface area is 235 Å². The highest BCUT2D eigenvalue weighted by Gasteiger charge is 2.27. The van der Waals surface area contributed by atoms with Gasteiger partial charge in [0.05, 0.1) is 5.69 Å². The zero-order chi connectivity index (χ0) is 27.8. The first-order valence-electron chi connectivity index (χ1n) is 13.6. The van der Waals surface area contributed by atoms with Crippen molar-refractivity contribution in [2.24, 2.45) is 5.92 Å². The lowest BCUT2D eigenvalue weighted by Gasteiger charge is -2.35. The van der Waals surface area contributed by atoms with Gasteiger partial charge in [-0.25, -0.2) is 9.97 Å². The van der Waals surface area contributed by atoms with E-state index in [-0.39, 0.29) is 0 Å². The van der Waals surface area contributed by atoms with Gasteiger partial charge in [-0.05, 0) is 93.8 Å². The molecule has 38 heavy (non-hydrogen) atoms. The molecule has 1 aliphatic rings. The molecule has 1 saturated heterocycles. The molecule has 0 aliphatic carbocycles. The van der Waals surface area contributed by atoms with Crippen LogP contribution in [0.1, 0.15) is 64.9 Å². The normalized spacial score (nSPS) is 17.5. The van der Waals surface area contributed by atoms with Crippen LogP contribution in [-0.4, -0.2) is 45.4 Å². The maximum absolute atomic E-state index is 4.83. The summed E-state index contributed by atoms with van der Waals surface area (Å²) in [7, 11) is 0. The number of hydrogen-bond donors (Lipinski definition) is 1. The predicted octanol–water partition coefficient (Wildman–Crippen LogP) is 7.90. The Bertz CT molecular complexity index is 1200. The molecular formula is C32H45N5S.